The van der Waals surface area contributed by atoms with Gasteiger partial charge in [0.15, 0.2) is 0 Å². The molecular formula is C37H43F6N3O6S. The monoisotopic (exact) mass is 771 g/mol. The Labute approximate surface area is 307 Å². The quantitative estimate of drug-likeness (QED) is 0.169. The lowest BCUT2D eigenvalue weighted by molar-refractivity contribution is -0.166. The van der Waals surface area contributed by atoms with E-state index in [2.05, 4.69) is 4.98 Å². The van der Waals surface area contributed by atoms with Crippen LogP contribution in [0, 0.1) is 0 Å². The van der Waals surface area contributed by atoms with Crippen LogP contribution in [0.25, 0.3) is 0 Å². The number of hydrogen-bond donors (Lipinski definition) is 2. The molecule has 2 saturated heterocycles. The summed E-state index contributed by atoms with van der Waals surface area (Å²) in [4.78, 5) is 32.2. The van der Waals surface area contributed by atoms with E-state index in [1.165, 1.54) is 10.3 Å². The zero-order valence-corrected chi connectivity index (χ0v) is 30.2. The minimum Gasteiger partial charge on any atom is -0.490 e. The van der Waals surface area contributed by atoms with E-state index in [0.29, 0.717) is 48.5 Å². The van der Waals surface area contributed by atoms with Crippen LogP contribution in [0.2, 0.25) is 0 Å². The van der Waals surface area contributed by atoms with Gasteiger partial charge in [-0.2, -0.15) is 26.3 Å². The second-order valence-corrected chi connectivity index (χ2v) is 14.6. The van der Waals surface area contributed by atoms with Gasteiger partial charge in [-0.25, -0.2) is 0 Å². The van der Waals surface area contributed by atoms with Crippen molar-refractivity contribution in [2.45, 2.75) is 107 Å². The maximum Gasteiger partial charge on any atom is 0.425 e. The van der Waals surface area contributed by atoms with E-state index in [9.17, 15) is 41.0 Å². The molecule has 2 aliphatic rings. The highest BCUT2D eigenvalue weighted by Gasteiger charge is 2.55. The molecule has 2 fully saturated rings. The summed E-state index contributed by atoms with van der Waals surface area (Å²) in [6, 6.07) is 7.77. The van der Waals surface area contributed by atoms with Crippen LogP contribution in [0.1, 0.15) is 86.8 Å². The Kier molecular flexibility index (Phi) is 12.3. The van der Waals surface area contributed by atoms with Gasteiger partial charge in [0.05, 0.1) is 23.3 Å². The second-order valence-electron chi connectivity index (χ2n) is 13.7. The van der Waals surface area contributed by atoms with E-state index >= 15 is 0 Å². The summed E-state index contributed by atoms with van der Waals surface area (Å²) in [5.74, 6) is -1.26. The molecule has 0 saturated carbocycles. The summed E-state index contributed by atoms with van der Waals surface area (Å²) >= 11 is 0.425. The van der Waals surface area contributed by atoms with Crippen molar-refractivity contribution in [1.82, 2.24) is 14.8 Å². The molecule has 3 atom stereocenters. The highest BCUT2D eigenvalue weighted by Crippen LogP contribution is 2.44. The van der Waals surface area contributed by atoms with Crippen LogP contribution in [0.3, 0.4) is 0 Å². The van der Waals surface area contributed by atoms with Gasteiger partial charge in [-0.1, -0.05) is 31.5 Å². The summed E-state index contributed by atoms with van der Waals surface area (Å²) in [7, 11) is 0. The Hall–Kier alpha value is -3.89. The smallest absolute Gasteiger partial charge is 0.425 e. The SMILES string of the molecule is CCC[C@H]1N(Cc2cnccc2C(F)(F)F)CCC[C@@]1(Oc1csc(C(F)(F)F)c1)C(=O)N1CCC(O)(c2ccccc2OC(C)CCC(=O)O)CC1. The fourth-order valence-corrected chi connectivity index (χ4v) is 8.08. The van der Waals surface area contributed by atoms with Crippen molar-refractivity contribution in [1.29, 1.82) is 0 Å². The van der Waals surface area contributed by atoms with E-state index in [1.54, 1.807) is 36.1 Å². The number of likely N-dealkylation sites (tertiary alicyclic amines) is 2. The number of carboxylic acids is 1. The van der Waals surface area contributed by atoms with Gasteiger partial charge in [0.25, 0.3) is 5.91 Å². The Morgan fingerprint density at radius 1 is 1.06 bits per heavy atom. The van der Waals surface area contributed by atoms with E-state index in [4.69, 9.17) is 14.6 Å². The third-order valence-electron chi connectivity index (χ3n) is 9.99. The summed E-state index contributed by atoms with van der Waals surface area (Å²) in [5, 5.41) is 22.2. The van der Waals surface area contributed by atoms with Gasteiger partial charge >= 0.3 is 18.3 Å². The number of aliphatic carboxylic acids is 1. The third kappa shape index (κ3) is 9.26. The van der Waals surface area contributed by atoms with Crippen LogP contribution in [-0.2, 0) is 34.1 Å². The first-order valence-corrected chi connectivity index (χ1v) is 18.4. The normalized spacial score (nSPS) is 21.6. The van der Waals surface area contributed by atoms with E-state index in [1.807, 2.05) is 6.92 Å². The van der Waals surface area contributed by atoms with Gasteiger partial charge in [0.2, 0.25) is 5.60 Å². The predicted octanol–water partition coefficient (Wildman–Crippen LogP) is 7.91. The van der Waals surface area contributed by atoms with Crippen LogP contribution >= 0.6 is 11.3 Å². The van der Waals surface area contributed by atoms with Crippen molar-refractivity contribution < 1.29 is 55.6 Å². The number of pyridine rings is 1. The summed E-state index contributed by atoms with van der Waals surface area (Å²) in [6.07, 6.45) is -6.07. The average Bonchev–Trinajstić information content (AvgIpc) is 3.58. The standard InChI is InChI=1S/C37H43F6N3O6S/c1-3-7-30-35(52-26-20-31(53-23-26)37(41,42)43,13-6-17-46(30)22-25-21-44-16-12-27(25)36(38,39)40)33(49)45-18-14-34(50,15-19-45)28-8-4-5-9-29(28)51-24(2)10-11-32(47)48/h4-5,8-9,12,16,20-21,23-24,30,50H,3,6-7,10-11,13-15,17-19,22H2,1-2H3,(H,47,48)/t24?,30-,35+/m1/s1. The molecule has 0 radical (unpaired) electrons. The summed E-state index contributed by atoms with van der Waals surface area (Å²) in [6.45, 7) is 3.76. The molecule has 0 spiro atoms. The molecule has 290 valence electrons. The van der Waals surface area contributed by atoms with E-state index in [-0.39, 0.29) is 63.1 Å². The number of carboxylic acid groups (broad SMARTS) is 1. The van der Waals surface area contributed by atoms with Crippen molar-refractivity contribution in [2.75, 3.05) is 19.6 Å². The maximum atomic E-state index is 14.9. The molecule has 2 aliphatic heterocycles. The summed E-state index contributed by atoms with van der Waals surface area (Å²) in [5.41, 5.74) is -3.68. The number of aromatic nitrogens is 1. The van der Waals surface area contributed by atoms with Crippen LogP contribution in [0.5, 0.6) is 11.5 Å². The van der Waals surface area contributed by atoms with Crippen molar-refractivity contribution >= 4 is 23.2 Å². The lowest BCUT2D eigenvalue weighted by Crippen LogP contribution is -2.67. The zero-order chi connectivity index (χ0) is 38.6. The van der Waals surface area contributed by atoms with Crippen molar-refractivity contribution in [3.63, 3.8) is 0 Å². The van der Waals surface area contributed by atoms with Crippen molar-refractivity contribution in [2.24, 2.45) is 0 Å². The molecule has 0 bridgehead atoms. The van der Waals surface area contributed by atoms with Crippen molar-refractivity contribution in [3.05, 3.63) is 75.7 Å². The predicted molar refractivity (Wildman–Crippen MR) is 183 cm³/mol. The molecule has 2 aromatic heterocycles. The molecular weight excluding hydrogens is 728 g/mol. The van der Waals surface area contributed by atoms with Crippen LogP contribution in [0.15, 0.2) is 54.2 Å². The number of carbonyl (C=O) groups is 2. The second kappa shape index (κ2) is 16.2. The molecule has 3 aromatic rings. The number of rotatable bonds is 13. The molecule has 5 rings (SSSR count). The molecule has 1 aromatic carbocycles. The van der Waals surface area contributed by atoms with Crippen LogP contribution < -0.4 is 9.47 Å². The molecule has 9 nitrogen and oxygen atoms in total. The number of nitrogens with zero attached hydrogens (tertiary/aromatic N) is 3. The van der Waals surface area contributed by atoms with Gasteiger partial charge in [0, 0.05) is 55.5 Å². The largest absolute Gasteiger partial charge is 0.490 e. The molecule has 4 heterocycles. The van der Waals surface area contributed by atoms with Gasteiger partial charge in [-0.05, 0) is 69.7 Å². The van der Waals surface area contributed by atoms with Gasteiger partial charge in [-0.15, -0.1) is 11.3 Å². The lowest BCUT2D eigenvalue weighted by atomic mass is 9.78. The molecule has 1 unspecified atom stereocenters. The molecule has 2 N–H and O–H groups in total. The fourth-order valence-electron chi connectivity index (χ4n) is 7.41. The number of hydrogen-bond acceptors (Lipinski definition) is 8. The third-order valence-corrected chi connectivity index (χ3v) is 10.9. The van der Waals surface area contributed by atoms with Gasteiger partial charge < -0.3 is 24.6 Å². The number of para-hydroxylation sites is 1. The Morgan fingerprint density at radius 3 is 2.42 bits per heavy atom. The molecule has 0 aliphatic carbocycles. The number of carbonyl (C=O) groups excluding carboxylic acids is 1. The maximum absolute atomic E-state index is 14.9. The first-order chi connectivity index (χ1) is 25.0. The van der Waals surface area contributed by atoms with E-state index in [0.717, 1.165) is 24.5 Å². The van der Waals surface area contributed by atoms with Crippen LogP contribution in [0.4, 0.5) is 26.3 Å². The number of aliphatic hydroxyl groups is 1. The number of ether oxygens (including phenoxy) is 2. The molecule has 1 amide bonds. The first-order valence-electron chi connectivity index (χ1n) is 17.6. The van der Waals surface area contributed by atoms with E-state index < -0.39 is 58.0 Å². The van der Waals surface area contributed by atoms with Gasteiger partial charge in [-0.3, -0.25) is 19.5 Å². The van der Waals surface area contributed by atoms with Crippen LogP contribution in [-0.4, -0.2) is 74.3 Å². The number of piperidine rings is 2. The highest BCUT2D eigenvalue weighted by molar-refractivity contribution is 7.10. The minimum absolute atomic E-state index is 0.0421. The number of alkyl halides is 6. The number of benzene rings is 1. The Bertz CT molecular complexity index is 1730. The van der Waals surface area contributed by atoms with Gasteiger partial charge in [0.1, 0.15) is 16.4 Å². The lowest BCUT2D eigenvalue weighted by Gasteiger charge is -2.51. The van der Waals surface area contributed by atoms with Crippen molar-refractivity contribution in [3.8, 4) is 11.5 Å². The number of amides is 1. The average molecular weight is 772 g/mol. The number of thiophene rings is 1. The molecule has 16 heteroatoms. The summed E-state index contributed by atoms with van der Waals surface area (Å²) < 4.78 is 95.5. The first kappa shape index (κ1) is 40.3. The molecule has 53 heavy (non-hydrogen) atoms. The Balaban J connectivity index is 1.45. The zero-order valence-electron chi connectivity index (χ0n) is 29.4. The highest BCUT2D eigenvalue weighted by atomic mass is 32.1. The topological polar surface area (TPSA) is 112 Å². The Morgan fingerprint density at radius 2 is 1.77 bits per heavy atom. The minimum atomic E-state index is -4.66. The fraction of sp³-hybridized carbons (Fsp3) is 0.541. The number of halogens is 6.